The number of benzene rings is 2. The summed E-state index contributed by atoms with van der Waals surface area (Å²) in [4.78, 5) is 25.4. The van der Waals surface area contributed by atoms with Crippen LogP contribution in [0.5, 0.6) is 0 Å². The molecule has 0 bridgehead atoms. The van der Waals surface area contributed by atoms with Crippen molar-refractivity contribution >= 4 is 23.2 Å². The monoisotopic (exact) mass is 374 g/mol. The van der Waals surface area contributed by atoms with Gasteiger partial charge in [-0.2, -0.15) is 0 Å². The molecule has 0 aliphatic heterocycles. The van der Waals surface area contributed by atoms with E-state index < -0.39 is 0 Å². The number of rotatable bonds is 5. The number of fused-ring (bicyclic) bond motifs is 1. The van der Waals surface area contributed by atoms with Crippen molar-refractivity contribution in [2.75, 3.05) is 10.6 Å². The van der Waals surface area contributed by atoms with Crippen LogP contribution in [-0.4, -0.2) is 11.8 Å². The Morgan fingerprint density at radius 3 is 2.46 bits per heavy atom. The molecule has 0 radical (unpaired) electrons. The Hall–Kier alpha value is -2.88. The predicted octanol–water partition coefficient (Wildman–Crippen LogP) is 5.04. The average Bonchev–Trinajstić information content (AvgIpc) is 3.22. The normalized spacial score (nSPS) is 20.4. The third kappa shape index (κ3) is 4.16. The minimum atomic E-state index is -0.141. The molecule has 0 saturated heterocycles. The van der Waals surface area contributed by atoms with Crippen molar-refractivity contribution in [1.82, 2.24) is 0 Å². The first-order valence-corrected chi connectivity index (χ1v) is 10.1. The van der Waals surface area contributed by atoms with Gasteiger partial charge in [0.2, 0.25) is 11.8 Å². The molecule has 2 amide bonds. The van der Waals surface area contributed by atoms with Gasteiger partial charge in [-0.15, -0.1) is 0 Å². The molecule has 0 fully saturated rings. The molecule has 144 valence electrons. The Bertz CT molecular complexity index is 903. The van der Waals surface area contributed by atoms with Crippen molar-refractivity contribution in [2.24, 2.45) is 5.92 Å². The van der Waals surface area contributed by atoms with E-state index in [1.165, 1.54) is 5.56 Å². The van der Waals surface area contributed by atoms with Crippen LogP contribution in [-0.2, 0) is 16.0 Å². The van der Waals surface area contributed by atoms with Gasteiger partial charge in [-0.25, -0.2) is 0 Å². The second-order valence-corrected chi connectivity index (χ2v) is 7.70. The second-order valence-electron chi connectivity index (χ2n) is 7.70. The molecule has 2 aliphatic rings. The highest BCUT2D eigenvalue weighted by Gasteiger charge is 2.26. The minimum absolute atomic E-state index is 0.00687. The van der Waals surface area contributed by atoms with Crippen LogP contribution in [0, 0.1) is 5.92 Å². The zero-order valence-corrected chi connectivity index (χ0v) is 16.0. The zero-order valence-electron chi connectivity index (χ0n) is 16.0. The summed E-state index contributed by atoms with van der Waals surface area (Å²) in [5.74, 6) is 0.159. The molecule has 0 spiro atoms. The summed E-state index contributed by atoms with van der Waals surface area (Å²) in [5.41, 5.74) is 3.71. The molecule has 2 atom stereocenters. The number of nitrogens with one attached hydrogen (secondary N) is 2. The lowest BCUT2D eigenvalue weighted by atomic mass is 9.82. The number of hydrogen-bond donors (Lipinski definition) is 2. The van der Waals surface area contributed by atoms with Crippen molar-refractivity contribution in [1.29, 1.82) is 0 Å². The summed E-state index contributed by atoms with van der Waals surface area (Å²) in [7, 11) is 0. The van der Waals surface area contributed by atoms with Gasteiger partial charge in [-0.3, -0.25) is 9.59 Å². The Kier molecular flexibility index (Phi) is 5.56. The molecular weight excluding hydrogens is 348 g/mol. The molecular formula is C24H26N2O2. The molecule has 0 heterocycles. The fourth-order valence-electron chi connectivity index (χ4n) is 4.25. The van der Waals surface area contributed by atoms with Crippen LogP contribution in [0.25, 0.3) is 0 Å². The van der Waals surface area contributed by atoms with Crippen LogP contribution in [0.15, 0.2) is 60.7 Å². The maximum atomic E-state index is 13.0. The zero-order chi connectivity index (χ0) is 19.3. The molecule has 4 rings (SSSR count). The molecule has 0 aromatic heterocycles. The van der Waals surface area contributed by atoms with Crippen LogP contribution < -0.4 is 10.6 Å². The molecule has 0 saturated carbocycles. The van der Waals surface area contributed by atoms with Crippen molar-refractivity contribution in [3.63, 3.8) is 0 Å². The molecule has 4 nitrogen and oxygen atoms in total. The summed E-state index contributed by atoms with van der Waals surface area (Å²) in [6, 6.07) is 15.6. The summed E-state index contributed by atoms with van der Waals surface area (Å²) >= 11 is 0. The van der Waals surface area contributed by atoms with E-state index in [1.54, 1.807) is 0 Å². The first-order valence-electron chi connectivity index (χ1n) is 10.1. The molecule has 2 aromatic carbocycles. The Morgan fingerprint density at radius 2 is 1.68 bits per heavy atom. The highest BCUT2D eigenvalue weighted by atomic mass is 16.2. The van der Waals surface area contributed by atoms with Crippen LogP contribution in [0.1, 0.15) is 49.1 Å². The van der Waals surface area contributed by atoms with Gasteiger partial charge < -0.3 is 10.6 Å². The smallest absolute Gasteiger partial charge is 0.231 e. The molecule has 2 aromatic rings. The quantitative estimate of drug-likeness (QED) is 0.720. The van der Waals surface area contributed by atoms with E-state index in [-0.39, 0.29) is 17.7 Å². The lowest BCUT2D eigenvalue weighted by Gasteiger charge is -2.25. The lowest BCUT2D eigenvalue weighted by molar-refractivity contribution is -0.118. The van der Waals surface area contributed by atoms with Gasteiger partial charge in [-0.1, -0.05) is 48.6 Å². The number of allylic oxidation sites excluding steroid dienone is 2. The minimum Gasteiger partial charge on any atom is -0.324 e. The van der Waals surface area contributed by atoms with Gasteiger partial charge in [0.15, 0.2) is 0 Å². The number of aryl methyl sites for hydroxylation is 1. The Balaban J connectivity index is 1.46. The van der Waals surface area contributed by atoms with Crippen molar-refractivity contribution in [3.8, 4) is 0 Å². The van der Waals surface area contributed by atoms with E-state index >= 15 is 0 Å². The topological polar surface area (TPSA) is 58.2 Å². The fraction of sp³-hybridized carbons (Fsp3) is 0.333. The maximum Gasteiger partial charge on any atom is 0.231 e. The molecule has 2 unspecified atom stereocenters. The van der Waals surface area contributed by atoms with Gasteiger partial charge in [0.05, 0.1) is 17.3 Å². The van der Waals surface area contributed by atoms with E-state index in [2.05, 4.69) is 34.9 Å². The SMILES string of the molecule is O=C(CC1C=CCC1)Nc1ccccc1NC(=O)C1CCCc2ccccc21. The van der Waals surface area contributed by atoms with Crippen molar-refractivity contribution in [3.05, 3.63) is 71.8 Å². The number of anilines is 2. The Morgan fingerprint density at radius 1 is 0.929 bits per heavy atom. The van der Waals surface area contributed by atoms with Crippen molar-refractivity contribution in [2.45, 2.75) is 44.4 Å². The second kappa shape index (κ2) is 8.42. The number of para-hydroxylation sites is 2. The largest absolute Gasteiger partial charge is 0.324 e. The van der Waals surface area contributed by atoms with Gasteiger partial charge >= 0.3 is 0 Å². The van der Waals surface area contributed by atoms with Crippen LogP contribution >= 0.6 is 0 Å². The average molecular weight is 374 g/mol. The third-order valence-electron chi connectivity index (χ3n) is 5.70. The molecule has 2 aliphatic carbocycles. The van der Waals surface area contributed by atoms with Gasteiger partial charge in [0, 0.05) is 6.42 Å². The van der Waals surface area contributed by atoms with E-state index in [0.29, 0.717) is 23.7 Å². The standard InChI is InChI=1S/C24H26N2O2/c27-23(16-17-8-1-2-9-17)25-21-14-5-6-15-22(21)26-24(28)20-13-7-11-18-10-3-4-12-19(18)20/h1,3-6,8,10,12,14-15,17,20H,2,7,9,11,13,16H2,(H,25,27)(H,26,28). The van der Waals surface area contributed by atoms with E-state index in [1.807, 2.05) is 36.4 Å². The first-order chi connectivity index (χ1) is 13.7. The van der Waals surface area contributed by atoms with Gasteiger partial charge in [-0.05, 0) is 61.3 Å². The van der Waals surface area contributed by atoms with Crippen LogP contribution in [0.3, 0.4) is 0 Å². The lowest BCUT2D eigenvalue weighted by Crippen LogP contribution is -2.25. The Labute approximate surface area is 166 Å². The van der Waals surface area contributed by atoms with Gasteiger partial charge in [0.25, 0.3) is 0 Å². The van der Waals surface area contributed by atoms with Crippen LogP contribution in [0.2, 0.25) is 0 Å². The highest BCUT2D eigenvalue weighted by molar-refractivity contribution is 6.02. The third-order valence-corrected chi connectivity index (χ3v) is 5.70. The predicted molar refractivity (Wildman–Crippen MR) is 112 cm³/mol. The van der Waals surface area contributed by atoms with E-state index in [4.69, 9.17) is 0 Å². The number of carbonyl (C=O) groups excluding carboxylic acids is 2. The molecule has 28 heavy (non-hydrogen) atoms. The van der Waals surface area contributed by atoms with E-state index in [9.17, 15) is 9.59 Å². The van der Waals surface area contributed by atoms with Crippen LogP contribution in [0.4, 0.5) is 11.4 Å². The number of hydrogen-bond acceptors (Lipinski definition) is 2. The summed E-state index contributed by atoms with van der Waals surface area (Å²) in [6.07, 6.45) is 9.72. The number of carbonyl (C=O) groups is 2. The summed E-state index contributed by atoms with van der Waals surface area (Å²) in [5, 5.41) is 6.03. The summed E-state index contributed by atoms with van der Waals surface area (Å²) in [6.45, 7) is 0. The summed E-state index contributed by atoms with van der Waals surface area (Å²) < 4.78 is 0. The maximum absolute atomic E-state index is 13.0. The molecule has 2 N–H and O–H groups in total. The first kappa shape index (κ1) is 18.5. The molecule has 4 heteroatoms. The number of amides is 2. The van der Waals surface area contributed by atoms with Gasteiger partial charge in [0.1, 0.15) is 0 Å². The fourth-order valence-corrected chi connectivity index (χ4v) is 4.25. The van der Waals surface area contributed by atoms with E-state index in [0.717, 1.165) is 37.7 Å². The highest BCUT2D eigenvalue weighted by Crippen LogP contribution is 2.33. The van der Waals surface area contributed by atoms with Crippen molar-refractivity contribution < 1.29 is 9.59 Å².